The van der Waals surface area contributed by atoms with E-state index in [0.717, 1.165) is 17.7 Å². The van der Waals surface area contributed by atoms with Gasteiger partial charge in [0, 0.05) is 17.3 Å². The highest BCUT2D eigenvalue weighted by atomic mass is 32.2. The number of aryl methyl sites for hydroxylation is 1. The Morgan fingerprint density at radius 3 is 2.64 bits per heavy atom. The molecule has 3 aromatic rings. The molecule has 0 aliphatic carbocycles. The summed E-state index contributed by atoms with van der Waals surface area (Å²) in [4.78, 5) is 15.0. The van der Waals surface area contributed by atoms with Crippen molar-refractivity contribution in [2.45, 2.75) is 43.6 Å². The fourth-order valence-corrected chi connectivity index (χ4v) is 4.38. The molecule has 0 saturated carbocycles. The zero-order valence-corrected chi connectivity index (χ0v) is 17.0. The molecule has 2 N–H and O–H groups in total. The molecule has 28 heavy (non-hydrogen) atoms. The van der Waals surface area contributed by atoms with Crippen molar-refractivity contribution in [3.8, 4) is 11.4 Å². The zero-order valence-electron chi connectivity index (χ0n) is 16.2. The molecule has 144 valence electrons. The molecule has 0 saturated heterocycles. The lowest BCUT2D eigenvalue weighted by atomic mass is 10.1. The Morgan fingerprint density at radius 2 is 1.89 bits per heavy atom. The number of fused-ring (bicyclic) bond motifs is 1. The third kappa shape index (κ3) is 3.26. The van der Waals surface area contributed by atoms with Crippen LogP contribution in [-0.2, 0) is 11.2 Å². The second-order valence-electron chi connectivity index (χ2n) is 7.19. The molecule has 0 spiro atoms. The van der Waals surface area contributed by atoms with Gasteiger partial charge in [-0.2, -0.15) is 0 Å². The summed E-state index contributed by atoms with van der Waals surface area (Å²) in [5.74, 6) is 6.87. The summed E-state index contributed by atoms with van der Waals surface area (Å²) in [7, 11) is 0. The Bertz CT molecular complexity index is 1010. The molecule has 0 fully saturated rings. The van der Waals surface area contributed by atoms with Crippen molar-refractivity contribution < 1.29 is 4.79 Å². The molecule has 0 radical (unpaired) electrons. The number of thioether (sulfide) groups is 1. The number of amides is 1. The van der Waals surface area contributed by atoms with Gasteiger partial charge in [0.05, 0.1) is 5.25 Å². The fourth-order valence-electron chi connectivity index (χ4n) is 3.56. The summed E-state index contributed by atoms with van der Waals surface area (Å²) >= 11 is 1.33. The van der Waals surface area contributed by atoms with Crippen LogP contribution in [0.1, 0.15) is 25.0 Å². The van der Waals surface area contributed by atoms with Crippen LogP contribution in [0, 0.1) is 6.92 Å². The smallest absolute Gasteiger partial charge is 0.240 e. The number of hydrogen-bond donors (Lipinski definition) is 1. The van der Waals surface area contributed by atoms with E-state index in [-0.39, 0.29) is 17.2 Å². The van der Waals surface area contributed by atoms with Gasteiger partial charge in [0.15, 0.2) is 5.82 Å². The van der Waals surface area contributed by atoms with Crippen molar-refractivity contribution in [2.75, 3.05) is 10.7 Å². The Morgan fingerprint density at radius 1 is 1.18 bits per heavy atom. The van der Waals surface area contributed by atoms with Crippen molar-refractivity contribution in [3.63, 3.8) is 0 Å². The number of para-hydroxylation sites is 1. The zero-order chi connectivity index (χ0) is 19.8. The van der Waals surface area contributed by atoms with Gasteiger partial charge in [0.1, 0.15) is 0 Å². The number of hydrogen-bond acceptors (Lipinski definition) is 5. The molecule has 1 aromatic heterocycles. The van der Waals surface area contributed by atoms with Gasteiger partial charge in [-0.3, -0.25) is 4.79 Å². The Balaban J connectivity index is 1.53. The van der Waals surface area contributed by atoms with Gasteiger partial charge in [-0.25, -0.2) is 4.68 Å². The Kier molecular flexibility index (Phi) is 4.85. The number of nitrogen functional groups attached to an aromatic ring is 1. The first-order chi connectivity index (χ1) is 13.5. The van der Waals surface area contributed by atoms with E-state index in [4.69, 9.17) is 5.84 Å². The molecular weight excluding hydrogens is 370 g/mol. The van der Waals surface area contributed by atoms with Crippen LogP contribution in [0.4, 0.5) is 5.69 Å². The van der Waals surface area contributed by atoms with Crippen molar-refractivity contribution in [3.05, 3.63) is 59.7 Å². The summed E-state index contributed by atoms with van der Waals surface area (Å²) in [6.07, 6.45) is 0.879. The van der Waals surface area contributed by atoms with E-state index in [1.54, 1.807) is 0 Å². The van der Waals surface area contributed by atoms with Crippen LogP contribution in [0.5, 0.6) is 0 Å². The van der Waals surface area contributed by atoms with Crippen molar-refractivity contribution >= 4 is 23.4 Å². The number of benzene rings is 2. The van der Waals surface area contributed by atoms with Gasteiger partial charge in [-0.05, 0) is 38.8 Å². The summed E-state index contributed by atoms with van der Waals surface area (Å²) in [6, 6.07) is 16.2. The first-order valence-electron chi connectivity index (χ1n) is 9.31. The first-order valence-corrected chi connectivity index (χ1v) is 10.2. The van der Waals surface area contributed by atoms with Gasteiger partial charge in [0.2, 0.25) is 11.1 Å². The highest BCUT2D eigenvalue weighted by molar-refractivity contribution is 8.00. The maximum atomic E-state index is 13.2. The monoisotopic (exact) mass is 393 g/mol. The third-order valence-electron chi connectivity index (χ3n) is 5.05. The van der Waals surface area contributed by atoms with Gasteiger partial charge >= 0.3 is 0 Å². The Labute approximate surface area is 168 Å². The topological polar surface area (TPSA) is 77.0 Å². The number of nitrogens with zero attached hydrogens (tertiary/aromatic N) is 4. The van der Waals surface area contributed by atoms with Crippen LogP contribution >= 0.6 is 11.8 Å². The quantitative estimate of drug-likeness (QED) is 0.543. The van der Waals surface area contributed by atoms with E-state index in [0.29, 0.717) is 11.0 Å². The predicted molar refractivity (Wildman–Crippen MR) is 113 cm³/mol. The van der Waals surface area contributed by atoms with E-state index in [2.05, 4.69) is 23.2 Å². The molecule has 2 aromatic carbocycles. The third-order valence-corrected chi connectivity index (χ3v) is 6.09. The van der Waals surface area contributed by atoms with Gasteiger partial charge in [-0.15, -0.1) is 10.2 Å². The van der Waals surface area contributed by atoms with Crippen LogP contribution in [0.2, 0.25) is 0 Å². The lowest BCUT2D eigenvalue weighted by Gasteiger charge is -2.25. The van der Waals surface area contributed by atoms with Gasteiger partial charge < -0.3 is 10.7 Å². The van der Waals surface area contributed by atoms with Crippen LogP contribution in [0.15, 0.2) is 53.7 Å². The number of anilines is 1. The molecule has 6 nitrogen and oxygen atoms in total. The molecule has 1 aliphatic rings. The van der Waals surface area contributed by atoms with Crippen molar-refractivity contribution in [2.24, 2.45) is 0 Å². The maximum Gasteiger partial charge on any atom is 0.240 e. The van der Waals surface area contributed by atoms with Crippen molar-refractivity contribution in [1.82, 2.24) is 14.9 Å². The van der Waals surface area contributed by atoms with Crippen LogP contribution in [-0.4, -0.2) is 32.1 Å². The van der Waals surface area contributed by atoms with Crippen LogP contribution in [0.3, 0.4) is 0 Å². The summed E-state index contributed by atoms with van der Waals surface area (Å²) in [6.45, 7) is 6.00. The fraction of sp³-hybridized carbons (Fsp3) is 0.286. The van der Waals surface area contributed by atoms with Crippen molar-refractivity contribution in [1.29, 1.82) is 0 Å². The SMILES string of the molecule is Cc1ccc(-c2nnc(SC(C)C(=O)N3c4ccccc4CC3C)n2N)cc1. The molecule has 2 unspecified atom stereocenters. The number of rotatable bonds is 4. The van der Waals surface area contributed by atoms with E-state index < -0.39 is 0 Å². The minimum absolute atomic E-state index is 0.0577. The summed E-state index contributed by atoms with van der Waals surface area (Å²) < 4.78 is 1.46. The normalized spacial score (nSPS) is 16.8. The number of aromatic nitrogens is 3. The Hall–Kier alpha value is -2.80. The second kappa shape index (κ2) is 7.31. The molecule has 1 aliphatic heterocycles. The number of carbonyl (C=O) groups excluding carboxylic acids is 1. The number of nitrogens with two attached hydrogens (primary N) is 1. The largest absolute Gasteiger partial charge is 0.335 e. The highest BCUT2D eigenvalue weighted by Gasteiger charge is 2.34. The van der Waals surface area contributed by atoms with Gasteiger partial charge in [-0.1, -0.05) is 59.8 Å². The molecule has 7 heteroatoms. The average Bonchev–Trinajstić information content (AvgIpc) is 3.21. The lowest BCUT2D eigenvalue weighted by molar-refractivity contribution is -0.118. The minimum Gasteiger partial charge on any atom is -0.335 e. The standard InChI is InChI=1S/C21H23N5OS/c1-13-8-10-16(11-9-13)19-23-24-21(26(19)22)28-15(3)20(27)25-14(2)12-17-6-4-5-7-18(17)25/h4-11,14-15H,12,22H2,1-3H3. The van der Waals surface area contributed by atoms with E-state index >= 15 is 0 Å². The molecule has 1 amide bonds. The molecule has 2 atom stereocenters. The van der Waals surface area contributed by atoms with E-state index in [1.807, 2.05) is 61.2 Å². The molecular formula is C21H23N5OS. The predicted octanol–water partition coefficient (Wildman–Crippen LogP) is 3.43. The molecule has 0 bridgehead atoms. The van der Waals surface area contributed by atoms with Gasteiger partial charge in [0.25, 0.3) is 0 Å². The summed E-state index contributed by atoms with van der Waals surface area (Å²) in [5.41, 5.74) is 4.28. The molecule has 4 rings (SSSR count). The average molecular weight is 394 g/mol. The molecule has 2 heterocycles. The summed E-state index contributed by atoms with van der Waals surface area (Å²) in [5, 5.41) is 8.62. The van der Waals surface area contributed by atoms with Crippen LogP contribution < -0.4 is 10.7 Å². The van der Waals surface area contributed by atoms with Crippen LogP contribution in [0.25, 0.3) is 11.4 Å². The van der Waals surface area contributed by atoms with E-state index in [1.165, 1.54) is 27.6 Å². The maximum absolute atomic E-state index is 13.2. The minimum atomic E-state index is -0.328. The highest BCUT2D eigenvalue weighted by Crippen LogP contribution is 2.34. The lowest BCUT2D eigenvalue weighted by Crippen LogP contribution is -2.40. The number of carbonyl (C=O) groups is 1. The second-order valence-corrected chi connectivity index (χ2v) is 8.50. The first kappa shape index (κ1) is 18.6. The van der Waals surface area contributed by atoms with E-state index in [9.17, 15) is 4.79 Å².